The average Bonchev–Trinajstić information content (AvgIpc) is 2.65. The second-order valence-electron chi connectivity index (χ2n) is 5.22. The molecule has 0 amide bonds. The van der Waals surface area contributed by atoms with Gasteiger partial charge in [-0.25, -0.2) is 0 Å². The highest BCUT2D eigenvalue weighted by molar-refractivity contribution is 7.32. The van der Waals surface area contributed by atoms with Gasteiger partial charge in [0.25, 0.3) is 0 Å². The summed E-state index contributed by atoms with van der Waals surface area (Å²) in [6.07, 6.45) is 0.557. The Kier molecular flexibility index (Phi) is 7.80. The van der Waals surface area contributed by atoms with Crippen LogP contribution in [0.3, 0.4) is 0 Å². The SMILES string of the molecule is O=[P+](O)OCCc1ccc(O)cc1.c1ccc(-c2ccccc2)cc1. The molecule has 0 radical (unpaired) electrons. The number of benzene rings is 3. The quantitative estimate of drug-likeness (QED) is 0.635. The molecule has 0 heterocycles. The lowest BCUT2D eigenvalue weighted by molar-refractivity contribution is 0.285. The highest BCUT2D eigenvalue weighted by Gasteiger charge is 2.10. The fraction of sp³-hybridized carbons (Fsp3) is 0.100. The number of hydrogen-bond acceptors (Lipinski definition) is 3. The molecule has 3 aromatic carbocycles. The number of rotatable bonds is 5. The van der Waals surface area contributed by atoms with E-state index >= 15 is 0 Å². The largest absolute Gasteiger partial charge is 0.694 e. The zero-order chi connectivity index (χ0) is 17.9. The van der Waals surface area contributed by atoms with Crippen molar-refractivity contribution in [3.63, 3.8) is 0 Å². The number of hydrogen-bond donors (Lipinski definition) is 2. The van der Waals surface area contributed by atoms with Gasteiger partial charge in [0.15, 0.2) is 0 Å². The number of phenols is 1. The van der Waals surface area contributed by atoms with Crippen LogP contribution in [0.1, 0.15) is 5.56 Å². The maximum atomic E-state index is 10.1. The van der Waals surface area contributed by atoms with Crippen molar-refractivity contribution in [1.29, 1.82) is 0 Å². The predicted octanol–water partition coefficient (Wildman–Crippen LogP) is 4.95. The van der Waals surface area contributed by atoms with Crippen molar-refractivity contribution in [3.05, 3.63) is 90.5 Å². The Balaban J connectivity index is 0.000000181. The fourth-order valence-electron chi connectivity index (χ4n) is 2.17. The Bertz CT molecular complexity index is 721. The van der Waals surface area contributed by atoms with Crippen LogP contribution in [-0.2, 0) is 15.5 Å². The molecule has 25 heavy (non-hydrogen) atoms. The summed E-state index contributed by atoms with van der Waals surface area (Å²) in [7, 11) is -2.50. The van der Waals surface area contributed by atoms with Gasteiger partial charge >= 0.3 is 8.25 Å². The molecule has 0 aromatic heterocycles. The van der Waals surface area contributed by atoms with Crippen molar-refractivity contribution in [1.82, 2.24) is 0 Å². The van der Waals surface area contributed by atoms with E-state index in [0.29, 0.717) is 6.42 Å². The van der Waals surface area contributed by atoms with E-state index in [9.17, 15) is 4.57 Å². The summed E-state index contributed by atoms with van der Waals surface area (Å²) in [6.45, 7) is 0.205. The lowest BCUT2D eigenvalue weighted by Crippen LogP contribution is -1.92. The number of aromatic hydroxyl groups is 1. The normalized spacial score (nSPS) is 10.5. The Hall–Kier alpha value is -2.52. The van der Waals surface area contributed by atoms with E-state index in [1.807, 2.05) is 12.1 Å². The van der Waals surface area contributed by atoms with Gasteiger partial charge in [-0.1, -0.05) is 72.8 Å². The third-order valence-electron chi connectivity index (χ3n) is 3.41. The van der Waals surface area contributed by atoms with Crippen molar-refractivity contribution in [3.8, 4) is 16.9 Å². The van der Waals surface area contributed by atoms with Crippen LogP contribution in [0.4, 0.5) is 0 Å². The summed E-state index contributed by atoms with van der Waals surface area (Å²) in [4.78, 5) is 8.32. The van der Waals surface area contributed by atoms with Gasteiger partial charge in [0.2, 0.25) is 0 Å². The van der Waals surface area contributed by atoms with Crippen LogP contribution in [0.25, 0.3) is 11.1 Å². The van der Waals surface area contributed by atoms with Crippen LogP contribution >= 0.6 is 8.25 Å². The molecule has 0 saturated heterocycles. The zero-order valence-electron chi connectivity index (χ0n) is 13.7. The first-order valence-electron chi connectivity index (χ1n) is 7.82. The van der Waals surface area contributed by atoms with Crippen LogP contribution in [0.15, 0.2) is 84.9 Å². The first-order chi connectivity index (χ1) is 12.1. The molecule has 4 nitrogen and oxygen atoms in total. The van der Waals surface area contributed by atoms with Gasteiger partial charge in [0.05, 0.1) is 0 Å². The molecule has 0 fully saturated rings. The Morgan fingerprint density at radius 1 is 0.760 bits per heavy atom. The van der Waals surface area contributed by atoms with Gasteiger partial charge in [-0.3, -0.25) is 0 Å². The predicted molar refractivity (Wildman–Crippen MR) is 99.5 cm³/mol. The molecular formula is C20H20O4P+. The third-order valence-corrected chi connectivity index (χ3v) is 3.81. The van der Waals surface area contributed by atoms with E-state index in [0.717, 1.165) is 5.56 Å². The van der Waals surface area contributed by atoms with E-state index < -0.39 is 8.25 Å². The highest BCUT2D eigenvalue weighted by Crippen LogP contribution is 2.17. The van der Waals surface area contributed by atoms with Crippen LogP contribution in [0, 0.1) is 0 Å². The summed E-state index contributed by atoms with van der Waals surface area (Å²) < 4.78 is 14.6. The highest BCUT2D eigenvalue weighted by atomic mass is 31.1. The van der Waals surface area contributed by atoms with Gasteiger partial charge < -0.3 is 5.11 Å². The van der Waals surface area contributed by atoms with Crippen molar-refractivity contribution in [2.24, 2.45) is 0 Å². The molecular weight excluding hydrogens is 335 g/mol. The molecule has 5 heteroatoms. The average molecular weight is 355 g/mol. The van der Waals surface area contributed by atoms with Crippen LogP contribution < -0.4 is 0 Å². The summed E-state index contributed by atoms with van der Waals surface area (Å²) in [5.74, 6) is 0.206. The van der Waals surface area contributed by atoms with Crippen molar-refractivity contribution in [2.75, 3.05) is 6.61 Å². The molecule has 3 aromatic rings. The van der Waals surface area contributed by atoms with Crippen molar-refractivity contribution >= 4 is 8.25 Å². The van der Waals surface area contributed by atoms with Crippen molar-refractivity contribution in [2.45, 2.75) is 6.42 Å². The summed E-state index contributed by atoms with van der Waals surface area (Å²) in [5, 5.41) is 8.95. The lowest BCUT2D eigenvalue weighted by Gasteiger charge is -1.98. The standard InChI is InChI=1S/C12H10.C8H9O4P/c1-3-7-11(8-4-1)12-9-5-2-6-10-12;9-8-3-1-7(2-4-8)5-6-12-13(10)11/h1-10H;1-4H,5-6H2,(H-,9,10,11)/p+1. The van der Waals surface area contributed by atoms with E-state index in [1.165, 1.54) is 11.1 Å². The smallest absolute Gasteiger partial charge is 0.508 e. The molecule has 2 N–H and O–H groups in total. The maximum Gasteiger partial charge on any atom is 0.694 e. The van der Waals surface area contributed by atoms with E-state index in [1.54, 1.807) is 24.3 Å². The Morgan fingerprint density at radius 3 is 1.68 bits per heavy atom. The Labute approximate surface area is 148 Å². The van der Waals surface area contributed by atoms with Crippen molar-refractivity contribution < 1.29 is 19.1 Å². The van der Waals surface area contributed by atoms with E-state index in [-0.39, 0.29) is 12.4 Å². The molecule has 0 aliphatic rings. The topological polar surface area (TPSA) is 66.8 Å². The molecule has 0 saturated carbocycles. The second-order valence-corrected chi connectivity index (χ2v) is 5.95. The first-order valence-corrected chi connectivity index (χ1v) is 8.95. The van der Waals surface area contributed by atoms with Gasteiger partial charge in [-0.05, 0) is 28.8 Å². The second kappa shape index (κ2) is 10.4. The van der Waals surface area contributed by atoms with Crippen LogP contribution in [0.5, 0.6) is 5.75 Å². The maximum absolute atomic E-state index is 10.1. The molecule has 0 spiro atoms. The van der Waals surface area contributed by atoms with Gasteiger partial charge in [0.1, 0.15) is 12.4 Å². The number of phenolic OH excluding ortho intramolecular Hbond substituents is 1. The minimum atomic E-state index is -2.50. The summed E-state index contributed by atoms with van der Waals surface area (Å²) in [6, 6.07) is 27.4. The fourth-order valence-corrected chi connectivity index (χ4v) is 2.41. The molecule has 1 atom stereocenters. The minimum Gasteiger partial charge on any atom is -0.508 e. The van der Waals surface area contributed by atoms with Gasteiger partial charge in [-0.15, -0.1) is 9.42 Å². The molecule has 0 aliphatic heterocycles. The van der Waals surface area contributed by atoms with Gasteiger partial charge in [0, 0.05) is 11.0 Å². The third kappa shape index (κ3) is 7.27. The summed E-state index contributed by atoms with van der Waals surface area (Å²) >= 11 is 0. The minimum absolute atomic E-state index is 0.205. The first kappa shape index (κ1) is 18.8. The Morgan fingerprint density at radius 2 is 1.24 bits per heavy atom. The van der Waals surface area contributed by atoms with Crippen LogP contribution in [0.2, 0.25) is 0 Å². The van der Waals surface area contributed by atoms with E-state index in [2.05, 4.69) is 53.1 Å². The van der Waals surface area contributed by atoms with Crippen LogP contribution in [-0.4, -0.2) is 16.6 Å². The molecule has 0 aliphatic carbocycles. The molecule has 128 valence electrons. The molecule has 3 rings (SSSR count). The molecule has 1 unspecified atom stereocenters. The summed E-state index contributed by atoms with van der Waals surface area (Å²) in [5.41, 5.74) is 3.51. The van der Waals surface area contributed by atoms with Gasteiger partial charge in [-0.2, -0.15) is 0 Å². The monoisotopic (exact) mass is 355 g/mol. The van der Waals surface area contributed by atoms with E-state index in [4.69, 9.17) is 10.00 Å². The zero-order valence-corrected chi connectivity index (χ0v) is 14.5. The molecule has 0 bridgehead atoms. The lowest BCUT2D eigenvalue weighted by atomic mass is 10.1.